The van der Waals surface area contributed by atoms with Crippen molar-refractivity contribution in [3.05, 3.63) is 34.9 Å². The summed E-state index contributed by atoms with van der Waals surface area (Å²) in [5, 5.41) is 0.352. The molecule has 1 rings (SSSR count). The molecule has 0 aliphatic heterocycles. The van der Waals surface area contributed by atoms with E-state index in [1.165, 1.54) is 24.8 Å². The number of pyridine rings is 1. The number of nitrogens with zero attached hydrogens (tertiary/aromatic N) is 1. The first-order valence-corrected chi connectivity index (χ1v) is 6.07. The van der Waals surface area contributed by atoms with Crippen LogP contribution in [0.5, 0.6) is 0 Å². The fourth-order valence-corrected chi connectivity index (χ4v) is 1.74. The van der Waals surface area contributed by atoms with Crippen molar-refractivity contribution in [2.24, 2.45) is 0 Å². The van der Waals surface area contributed by atoms with E-state index in [-0.39, 0.29) is 10.3 Å². The number of halogens is 2. The molecule has 0 amide bonds. The molecule has 0 radical (unpaired) electrons. The van der Waals surface area contributed by atoms with Gasteiger partial charge in [-0.25, -0.2) is 9.37 Å². The molecule has 0 N–H and O–H groups in total. The summed E-state index contributed by atoms with van der Waals surface area (Å²) >= 11 is 6.89. The van der Waals surface area contributed by atoms with Crippen LogP contribution < -0.4 is 0 Å². The fourth-order valence-electron chi connectivity index (χ4n) is 1.04. The van der Waals surface area contributed by atoms with Crippen LogP contribution >= 0.6 is 23.4 Å². The van der Waals surface area contributed by atoms with Crippen LogP contribution in [-0.4, -0.2) is 15.9 Å². The molecule has 86 valence electrons. The Hall–Kier alpha value is -0.870. The standard InChI is InChI=1S/C11H11ClFNOS/c1-8(15)16-5-3-2-4-9-6-11(12)14-7-10(9)13/h2,4,6-7H,3,5H2,1H3. The molecular weight excluding hydrogens is 249 g/mol. The third kappa shape index (κ3) is 4.77. The lowest BCUT2D eigenvalue weighted by Gasteiger charge is -1.96. The molecule has 1 heterocycles. The fraction of sp³-hybridized carbons (Fsp3) is 0.273. The third-order valence-corrected chi connectivity index (χ3v) is 2.79. The molecule has 0 saturated carbocycles. The molecule has 2 nitrogen and oxygen atoms in total. The molecule has 1 aromatic heterocycles. The number of carbonyl (C=O) groups excluding carboxylic acids is 1. The van der Waals surface area contributed by atoms with E-state index in [4.69, 9.17) is 11.6 Å². The molecule has 5 heteroatoms. The molecule has 0 atom stereocenters. The van der Waals surface area contributed by atoms with E-state index in [0.717, 1.165) is 6.20 Å². The number of thioether (sulfide) groups is 1. The predicted octanol–water partition coefficient (Wildman–Crippen LogP) is 3.56. The maximum absolute atomic E-state index is 13.2. The zero-order valence-corrected chi connectivity index (χ0v) is 10.3. The highest BCUT2D eigenvalue weighted by Crippen LogP contribution is 2.14. The third-order valence-electron chi connectivity index (χ3n) is 1.74. The predicted molar refractivity (Wildman–Crippen MR) is 66.0 cm³/mol. The average Bonchev–Trinajstić information content (AvgIpc) is 2.22. The second-order valence-electron chi connectivity index (χ2n) is 3.06. The van der Waals surface area contributed by atoms with Crippen molar-refractivity contribution in [1.29, 1.82) is 0 Å². The van der Waals surface area contributed by atoms with Gasteiger partial charge in [-0.05, 0) is 12.5 Å². The van der Waals surface area contributed by atoms with Crippen LogP contribution in [0.3, 0.4) is 0 Å². The smallest absolute Gasteiger partial charge is 0.185 e. The largest absolute Gasteiger partial charge is 0.288 e. The van der Waals surface area contributed by atoms with E-state index in [1.807, 2.05) is 6.08 Å². The van der Waals surface area contributed by atoms with Crippen molar-refractivity contribution in [3.8, 4) is 0 Å². The van der Waals surface area contributed by atoms with E-state index in [9.17, 15) is 9.18 Å². The van der Waals surface area contributed by atoms with Gasteiger partial charge < -0.3 is 0 Å². The normalized spacial score (nSPS) is 10.9. The van der Waals surface area contributed by atoms with Crippen LogP contribution in [0.25, 0.3) is 6.08 Å². The van der Waals surface area contributed by atoms with Gasteiger partial charge in [-0.2, -0.15) is 0 Å². The van der Waals surface area contributed by atoms with Gasteiger partial charge in [0.05, 0.1) is 6.20 Å². The molecule has 0 fully saturated rings. The van der Waals surface area contributed by atoms with Crippen LogP contribution in [0, 0.1) is 5.82 Å². The highest BCUT2D eigenvalue weighted by Gasteiger charge is 1.99. The van der Waals surface area contributed by atoms with E-state index < -0.39 is 5.82 Å². The summed E-state index contributed by atoms with van der Waals surface area (Å²) < 4.78 is 13.2. The first-order valence-electron chi connectivity index (χ1n) is 4.70. The van der Waals surface area contributed by atoms with Crippen molar-refractivity contribution in [2.45, 2.75) is 13.3 Å². The zero-order valence-electron chi connectivity index (χ0n) is 8.74. The Morgan fingerprint density at radius 3 is 3.12 bits per heavy atom. The Morgan fingerprint density at radius 2 is 2.44 bits per heavy atom. The molecule has 0 aromatic carbocycles. The summed E-state index contributed by atoms with van der Waals surface area (Å²) in [5.41, 5.74) is 0.410. The highest BCUT2D eigenvalue weighted by atomic mass is 35.5. The highest BCUT2D eigenvalue weighted by molar-refractivity contribution is 8.13. The number of aromatic nitrogens is 1. The van der Waals surface area contributed by atoms with Gasteiger partial charge >= 0.3 is 0 Å². The Morgan fingerprint density at radius 1 is 1.69 bits per heavy atom. The van der Waals surface area contributed by atoms with E-state index in [0.29, 0.717) is 17.7 Å². The second kappa shape index (κ2) is 6.66. The lowest BCUT2D eigenvalue weighted by Crippen LogP contribution is -1.86. The summed E-state index contributed by atoms with van der Waals surface area (Å²) in [6.07, 6.45) is 5.25. The number of allylic oxidation sites excluding steroid dienone is 1. The van der Waals surface area contributed by atoms with Gasteiger partial charge in [0.15, 0.2) is 5.12 Å². The maximum atomic E-state index is 13.2. The number of hydrogen-bond acceptors (Lipinski definition) is 3. The Balaban J connectivity index is 2.49. The summed E-state index contributed by atoms with van der Waals surface area (Å²) in [6.45, 7) is 1.52. The van der Waals surface area contributed by atoms with Crippen molar-refractivity contribution < 1.29 is 9.18 Å². The monoisotopic (exact) mass is 259 g/mol. The van der Waals surface area contributed by atoms with Crippen LogP contribution in [0.15, 0.2) is 18.3 Å². The molecule has 0 aliphatic rings. The Labute approximate surface area is 103 Å². The number of rotatable bonds is 4. The SMILES string of the molecule is CC(=O)SCCC=Cc1cc(Cl)ncc1F. The van der Waals surface area contributed by atoms with Crippen LogP contribution in [0.4, 0.5) is 4.39 Å². The van der Waals surface area contributed by atoms with Crippen molar-refractivity contribution in [1.82, 2.24) is 4.98 Å². The quantitative estimate of drug-likeness (QED) is 0.612. The molecule has 0 saturated heterocycles. The second-order valence-corrected chi connectivity index (χ2v) is 4.72. The van der Waals surface area contributed by atoms with Gasteiger partial charge in [0.25, 0.3) is 0 Å². The topological polar surface area (TPSA) is 30.0 Å². The van der Waals surface area contributed by atoms with E-state index >= 15 is 0 Å². The van der Waals surface area contributed by atoms with Gasteiger partial charge in [-0.15, -0.1) is 0 Å². The minimum atomic E-state index is -0.403. The minimum Gasteiger partial charge on any atom is -0.288 e. The molecule has 1 aromatic rings. The minimum absolute atomic E-state index is 0.0894. The molecule has 0 bridgehead atoms. The van der Waals surface area contributed by atoms with E-state index in [2.05, 4.69) is 4.98 Å². The van der Waals surface area contributed by atoms with Crippen LogP contribution in [0.2, 0.25) is 5.15 Å². The molecular formula is C11H11ClFNOS. The first kappa shape index (κ1) is 13.2. The molecule has 0 aliphatic carbocycles. The van der Waals surface area contributed by atoms with Crippen molar-refractivity contribution in [3.63, 3.8) is 0 Å². The van der Waals surface area contributed by atoms with Gasteiger partial charge in [0, 0.05) is 18.2 Å². The van der Waals surface area contributed by atoms with Crippen LogP contribution in [0.1, 0.15) is 18.9 Å². The molecule has 0 unspecified atom stereocenters. The van der Waals surface area contributed by atoms with Gasteiger partial charge in [0.2, 0.25) is 0 Å². The summed E-state index contributed by atoms with van der Waals surface area (Å²) in [4.78, 5) is 14.2. The Kier molecular flexibility index (Phi) is 5.49. The van der Waals surface area contributed by atoms with Crippen molar-refractivity contribution in [2.75, 3.05) is 5.75 Å². The summed E-state index contributed by atoms with van der Waals surface area (Å²) in [6, 6.07) is 1.46. The van der Waals surface area contributed by atoms with Gasteiger partial charge in [-0.1, -0.05) is 35.5 Å². The average molecular weight is 260 g/mol. The summed E-state index contributed by atoms with van der Waals surface area (Å²) in [5.74, 6) is 0.298. The lowest BCUT2D eigenvalue weighted by atomic mass is 10.2. The lowest BCUT2D eigenvalue weighted by molar-refractivity contribution is -0.109. The maximum Gasteiger partial charge on any atom is 0.185 e. The first-order chi connectivity index (χ1) is 7.59. The molecule has 0 spiro atoms. The van der Waals surface area contributed by atoms with Gasteiger partial charge in [-0.3, -0.25) is 4.79 Å². The number of carbonyl (C=O) groups is 1. The zero-order chi connectivity index (χ0) is 12.0. The Bertz CT molecular complexity index is 409. The molecule has 16 heavy (non-hydrogen) atoms. The summed E-state index contributed by atoms with van der Waals surface area (Å²) in [7, 11) is 0. The van der Waals surface area contributed by atoms with Gasteiger partial charge in [0.1, 0.15) is 11.0 Å². The van der Waals surface area contributed by atoms with Crippen molar-refractivity contribution >= 4 is 34.6 Å². The number of hydrogen-bond donors (Lipinski definition) is 0. The van der Waals surface area contributed by atoms with Crippen LogP contribution in [-0.2, 0) is 4.79 Å². The van der Waals surface area contributed by atoms with E-state index in [1.54, 1.807) is 6.08 Å².